The lowest BCUT2D eigenvalue weighted by atomic mass is 10.1. The molecule has 0 aliphatic rings. The van der Waals surface area contributed by atoms with Crippen LogP contribution >= 0.6 is 11.3 Å². The molecule has 0 aromatic carbocycles. The predicted octanol–water partition coefficient (Wildman–Crippen LogP) is 3.29. The molecule has 2 aromatic heterocycles. The fraction of sp³-hybridized carbons (Fsp3) is 0.333. The number of aromatic nitrogens is 1. The molecule has 0 amide bonds. The van der Waals surface area contributed by atoms with E-state index in [1.165, 1.54) is 11.3 Å². The minimum Gasteiger partial charge on any atom is -0.481 e. The molecule has 0 aliphatic carbocycles. The van der Waals surface area contributed by atoms with E-state index in [2.05, 4.69) is 4.98 Å². The van der Waals surface area contributed by atoms with Crippen molar-refractivity contribution >= 4 is 17.3 Å². The maximum atomic E-state index is 10.6. The summed E-state index contributed by atoms with van der Waals surface area (Å²) in [4.78, 5) is 15.0. The van der Waals surface area contributed by atoms with Crippen LogP contribution in [0, 0.1) is 6.92 Å². The van der Waals surface area contributed by atoms with Gasteiger partial charge in [-0.05, 0) is 19.1 Å². The quantitative estimate of drug-likeness (QED) is 0.905. The number of aliphatic carboxylic acids is 1. The molecule has 0 radical (unpaired) electrons. The van der Waals surface area contributed by atoms with E-state index in [-0.39, 0.29) is 12.3 Å². The van der Waals surface area contributed by atoms with E-state index in [1.54, 1.807) is 0 Å². The first kappa shape index (κ1) is 11.9. The van der Waals surface area contributed by atoms with E-state index >= 15 is 0 Å². The number of nitrogens with zero attached hydrogens (tertiary/aromatic N) is 1. The van der Waals surface area contributed by atoms with Crippen LogP contribution in [0.4, 0.5) is 0 Å². The molecule has 90 valence electrons. The minimum absolute atomic E-state index is 0.0673. The Morgan fingerprint density at radius 3 is 2.94 bits per heavy atom. The largest absolute Gasteiger partial charge is 0.481 e. The van der Waals surface area contributed by atoms with Crippen molar-refractivity contribution in [3.05, 3.63) is 28.3 Å². The fourth-order valence-electron chi connectivity index (χ4n) is 1.55. The summed E-state index contributed by atoms with van der Waals surface area (Å²) in [6, 6.07) is 3.76. The van der Waals surface area contributed by atoms with Crippen molar-refractivity contribution in [3.8, 4) is 11.5 Å². The Balaban J connectivity index is 2.18. The van der Waals surface area contributed by atoms with Crippen LogP contribution in [0.25, 0.3) is 11.5 Å². The van der Waals surface area contributed by atoms with E-state index in [4.69, 9.17) is 9.52 Å². The summed E-state index contributed by atoms with van der Waals surface area (Å²) in [7, 11) is 0. The third-order valence-electron chi connectivity index (χ3n) is 2.42. The minimum atomic E-state index is -0.803. The zero-order chi connectivity index (χ0) is 12.4. The van der Waals surface area contributed by atoms with Crippen molar-refractivity contribution in [2.24, 2.45) is 0 Å². The number of carbonyl (C=O) groups is 1. The first-order valence-electron chi connectivity index (χ1n) is 5.30. The second kappa shape index (κ2) is 4.71. The van der Waals surface area contributed by atoms with Gasteiger partial charge in [0.2, 0.25) is 0 Å². The summed E-state index contributed by atoms with van der Waals surface area (Å²) in [5.74, 6) is 0.700. The first-order valence-corrected chi connectivity index (χ1v) is 6.18. The van der Waals surface area contributed by atoms with Crippen LogP contribution in [0.1, 0.15) is 30.0 Å². The molecular weight excluding hydrogens is 238 g/mol. The topological polar surface area (TPSA) is 63.3 Å². The number of furan rings is 1. The summed E-state index contributed by atoms with van der Waals surface area (Å²) in [5, 5.41) is 11.5. The van der Waals surface area contributed by atoms with Crippen molar-refractivity contribution < 1.29 is 14.3 Å². The van der Waals surface area contributed by atoms with Crippen LogP contribution in [-0.2, 0) is 4.79 Å². The molecule has 0 aliphatic heterocycles. The van der Waals surface area contributed by atoms with Gasteiger partial charge in [0.1, 0.15) is 11.5 Å². The molecule has 2 rings (SSSR count). The fourth-order valence-corrected chi connectivity index (χ4v) is 2.42. The van der Waals surface area contributed by atoms with Gasteiger partial charge in [-0.1, -0.05) is 6.92 Å². The molecule has 0 saturated carbocycles. The highest BCUT2D eigenvalue weighted by molar-refractivity contribution is 7.10. The van der Waals surface area contributed by atoms with Gasteiger partial charge in [-0.3, -0.25) is 4.79 Å². The van der Waals surface area contributed by atoms with Gasteiger partial charge >= 0.3 is 5.97 Å². The lowest BCUT2D eigenvalue weighted by Gasteiger charge is -2.02. The zero-order valence-electron chi connectivity index (χ0n) is 9.64. The Bertz CT molecular complexity index is 529. The number of thiazole rings is 1. The molecule has 5 heteroatoms. The Kier molecular flexibility index (Phi) is 3.28. The highest BCUT2D eigenvalue weighted by Crippen LogP contribution is 2.28. The van der Waals surface area contributed by atoms with Crippen LogP contribution in [0.2, 0.25) is 0 Å². The molecule has 1 atom stereocenters. The number of rotatable bonds is 4. The van der Waals surface area contributed by atoms with E-state index in [1.807, 2.05) is 31.4 Å². The van der Waals surface area contributed by atoms with Gasteiger partial charge in [-0.2, -0.15) is 0 Å². The van der Waals surface area contributed by atoms with E-state index in [0.717, 1.165) is 22.2 Å². The highest BCUT2D eigenvalue weighted by Gasteiger charge is 2.15. The molecule has 1 N–H and O–H groups in total. The molecule has 2 heterocycles. The summed E-state index contributed by atoms with van der Waals surface area (Å²) >= 11 is 1.47. The monoisotopic (exact) mass is 251 g/mol. The van der Waals surface area contributed by atoms with Crippen LogP contribution in [0.15, 0.2) is 21.9 Å². The molecule has 0 bridgehead atoms. The van der Waals surface area contributed by atoms with Crippen LogP contribution in [0.5, 0.6) is 0 Å². The van der Waals surface area contributed by atoms with Gasteiger partial charge in [0.15, 0.2) is 5.76 Å². The van der Waals surface area contributed by atoms with Crippen molar-refractivity contribution in [2.75, 3.05) is 0 Å². The third kappa shape index (κ3) is 2.74. The molecule has 1 unspecified atom stereocenters. The second-order valence-electron chi connectivity index (χ2n) is 3.98. The van der Waals surface area contributed by atoms with Gasteiger partial charge in [0.05, 0.1) is 11.4 Å². The maximum Gasteiger partial charge on any atom is 0.304 e. The number of aryl methyl sites for hydroxylation is 1. The Morgan fingerprint density at radius 1 is 1.59 bits per heavy atom. The smallest absolute Gasteiger partial charge is 0.304 e. The Labute approximate surface area is 103 Å². The number of hydrogen-bond donors (Lipinski definition) is 1. The van der Waals surface area contributed by atoms with E-state index < -0.39 is 5.97 Å². The average molecular weight is 251 g/mol. The lowest BCUT2D eigenvalue weighted by Crippen LogP contribution is -2.02. The molecule has 0 spiro atoms. The van der Waals surface area contributed by atoms with E-state index in [9.17, 15) is 4.79 Å². The van der Waals surface area contributed by atoms with Crippen molar-refractivity contribution in [3.63, 3.8) is 0 Å². The lowest BCUT2D eigenvalue weighted by molar-refractivity contribution is -0.137. The van der Waals surface area contributed by atoms with Crippen LogP contribution < -0.4 is 0 Å². The molecule has 4 nitrogen and oxygen atoms in total. The predicted molar refractivity (Wildman–Crippen MR) is 65.2 cm³/mol. The molecular formula is C12H13NO3S. The SMILES string of the molecule is Cc1ccc(-c2csc(C(C)CC(=O)O)n2)o1. The van der Waals surface area contributed by atoms with Gasteiger partial charge in [-0.15, -0.1) is 11.3 Å². The number of hydrogen-bond acceptors (Lipinski definition) is 4. The molecule has 0 fully saturated rings. The standard InChI is InChI=1S/C12H13NO3S/c1-7(5-11(14)15)12-13-9(6-17-12)10-4-3-8(2)16-10/h3-4,6-7H,5H2,1-2H3,(H,14,15). The Hall–Kier alpha value is -1.62. The van der Waals surface area contributed by atoms with Gasteiger partial charge < -0.3 is 9.52 Å². The van der Waals surface area contributed by atoms with Gasteiger partial charge in [0, 0.05) is 11.3 Å². The second-order valence-corrected chi connectivity index (χ2v) is 4.87. The third-order valence-corrected chi connectivity index (χ3v) is 3.49. The van der Waals surface area contributed by atoms with E-state index in [0.29, 0.717) is 0 Å². The van der Waals surface area contributed by atoms with Crippen LogP contribution in [-0.4, -0.2) is 16.1 Å². The van der Waals surface area contributed by atoms with Gasteiger partial charge in [0.25, 0.3) is 0 Å². The highest BCUT2D eigenvalue weighted by atomic mass is 32.1. The van der Waals surface area contributed by atoms with Crippen molar-refractivity contribution in [1.29, 1.82) is 0 Å². The van der Waals surface area contributed by atoms with Crippen molar-refractivity contribution in [1.82, 2.24) is 4.98 Å². The molecule has 0 saturated heterocycles. The summed E-state index contributed by atoms with van der Waals surface area (Å²) < 4.78 is 5.47. The summed E-state index contributed by atoms with van der Waals surface area (Å²) in [5.41, 5.74) is 0.773. The maximum absolute atomic E-state index is 10.6. The normalized spacial score (nSPS) is 12.6. The zero-order valence-corrected chi connectivity index (χ0v) is 10.5. The van der Waals surface area contributed by atoms with Gasteiger partial charge in [-0.25, -0.2) is 4.98 Å². The average Bonchev–Trinajstić information content (AvgIpc) is 2.84. The summed E-state index contributed by atoms with van der Waals surface area (Å²) in [6.45, 7) is 3.74. The summed E-state index contributed by atoms with van der Waals surface area (Å²) in [6.07, 6.45) is 0.101. The molecule has 2 aromatic rings. The van der Waals surface area contributed by atoms with Crippen LogP contribution in [0.3, 0.4) is 0 Å². The number of carboxylic acids is 1. The Morgan fingerprint density at radius 2 is 2.35 bits per heavy atom. The molecule has 17 heavy (non-hydrogen) atoms. The van der Waals surface area contributed by atoms with Crippen molar-refractivity contribution in [2.45, 2.75) is 26.2 Å². The number of carboxylic acid groups (broad SMARTS) is 1. The first-order chi connectivity index (χ1) is 8.06.